The Bertz CT molecular complexity index is 123. The lowest BCUT2D eigenvalue weighted by molar-refractivity contribution is 0.138. The number of terminal acetylenes is 1. The molecular weight excluding hydrogens is 116 g/mol. The monoisotopic (exact) mass is 126 g/mol. The number of aliphatic hydroxyl groups excluding tert-OH is 2. The molecule has 0 rings (SSSR count). The summed E-state index contributed by atoms with van der Waals surface area (Å²) < 4.78 is 0. The van der Waals surface area contributed by atoms with Crippen LogP contribution < -0.4 is 0 Å². The highest BCUT2D eigenvalue weighted by Gasteiger charge is 2.03. The molecule has 2 heteroatoms. The van der Waals surface area contributed by atoms with E-state index in [0.29, 0.717) is 0 Å². The number of aliphatic hydroxyl groups is 2. The Morgan fingerprint density at radius 1 is 1.67 bits per heavy atom. The maximum atomic E-state index is 8.79. The Kier molecular flexibility index (Phi) is 3.78. The van der Waals surface area contributed by atoms with E-state index in [-0.39, 0.29) is 6.42 Å². The summed E-state index contributed by atoms with van der Waals surface area (Å²) in [4.78, 5) is 0. The van der Waals surface area contributed by atoms with E-state index >= 15 is 0 Å². The molecular formula is C7H10O2. The number of hydrogen-bond acceptors (Lipinski definition) is 2. The molecule has 0 bridgehead atoms. The molecule has 50 valence electrons. The number of hydrogen-bond donors (Lipinski definition) is 2. The van der Waals surface area contributed by atoms with E-state index in [2.05, 4.69) is 12.5 Å². The Balaban J connectivity index is 3.49. The van der Waals surface area contributed by atoms with E-state index in [0.717, 1.165) is 0 Å². The summed E-state index contributed by atoms with van der Waals surface area (Å²) in [6.07, 6.45) is 4.77. The minimum absolute atomic E-state index is 0.167. The van der Waals surface area contributed by atoms with Crippen molar-refractivity contribution >= 4 is 0 Å². The van der Waals surface area contributed by atoms with Gasteiger partial charge in [0.15, 0.2) is 0 Å². The molecule has 0 spiro atoms. The molecule has 0 radical (unpaired) electrons. The predicted molar refractivity (Wildman–Crippen MR) is 35.7 cm³/mol. The molecule has 2 N–H and O–H groups in total. The second-order valence-electron chi connectivity index (χ2n) is 1.72. The lowest BCUT2D eigenvalue weighted by atomic mass is 10.2. The summed E-state index contributed by atoms with van der Waals surface area (Å²) >= 11 is 0. The summed E-state index contributed by atoms with van der Waals surface area (Å²) in [7, 11) is 0. The molecule has 0 aliphatic heterocycles. The van der Waals surface area contributed by atoms with Crippen molar-refractivity contribution < 1.29 is 10.2 Å². The third-order valence-corrected chi connectivity index (χ3v) is 0.929. The zero-order valence-corrected chi connectivity index (χ0v) is 5.12. The van der Waals surface area contributed by atoms with E-state index in [9.17, 15) is 0 Å². The Labute approximate surface area is 54.8 Å². The molecule has 2 atom stereocenters. The van der Waals surface area contributed by atoms with Crippen molar-refractivity contribution in [2.45, 2.75) is 18.6 Å². The minimum Gasteiger partial charge on any atom is -0.389 e. The zero-order valence-electron chi connectivity index (χ0n) is 5.12. The molecule has 0 fully saturated rings. The van der Waals surface area contributed by atoms with E-state index in [1.165, 1.54) is 6.08 Å². The van der Waals surface area contributed by atoms with Crippen molar-refractivity contribution in [2.24, 2.45) is 0 Å². The van der Waals surface area contributed by atoms with Crippen LogP contribution in [0.4, 0.5) is 0 Å². The van der Waals surface area contributed by atoms with E-state index < -0.39 is 12.2 Å². The van der Waals surface area contributed by atoms with E-state index in [1.54, 1.807) is 0 Å². The van der Waals surface area contributed by atoms with Crippen LogP contribution in [0, 0.1) is 12.3 Å². The SMILES string of the molecule is C#CC(O)CC(O)C=C. The van der Waals surface area contributed by atoms with Crippen LogP contribution in [0.1, 0.15) is 6.42 Å². The van der Waals surface area contributed by atoms with Gasteiger partial charge in [0.2, 0.25) is 0 Å². The van der Waals surface area contributed by atoms with Crippen LogP contribution in [-0.4, -0.2) is 22.4 Å². The molecule has 0 aliphatic rings. The van der Waals surface area contributed by atoms with Crippen LogP contribution in [0.2, 0.25) is 0 Å². The van der Waals surface area contributed by atoms with Crippen LogP contribution in [0.25, 0.3) is 0 Å². The second-order valence-corrected chi connectivity index (χ2v) is 1.72. The molecule has 9 heavy (non-hydrogen) atoms. The van der Waals surface area contributed by atoms with Gasteiger partial charge in [-0.3, -0.25) is 0 Å². The van der Waals surface area contributed by atoms with Gasteiger partial charge in [-0.25, -0.2) is 0 Å². The van der Waals surface area contributed by atoms with Crippen molar-refractivity contribution in [1.82, 2.24) is 0 Å². The lowest BCUT2D eigenvalue weighted by Gasteiger charge is -2.04. The first-order valence-electron chi connectivity index (χ1n) is 2.65. The fraction of sp³-hybridized carbons (Fsp3) is 0.429. The molecule has 0 saturated heterocycles. The van der Waals surface area contributed by atoms with Crippen molar-refractivity contribution in [3.63, 3.8) is 0 Å². The molecule has 0 aromatic heterocycles. The van der Waals surface area contributed by atoms with Crippen LogP contribution in [0.15, 0.2) is 12.7 Å². The van der Waals surface area contributed by atoms with E-state index in [1.807, 2.05) is 0 Å². The molecule has 0 saturated carbocycles. The largest absolute Gasteiger partial charge is 0.389 e. The van der Waals surface area contributed by atoms with Gasteiger partial charge in [-0.2, -0.15) is 0 Å². The molecule has 0 amide bonds. The maximum absolute atomic E-state index is 8.79. The van der Waals surface area contributed by atoms with Gasteiger partial charge in [0.25, 0.3) is 0 Å². The third kappa shape index (κ3) is 3.77. The lowest BCUT2D eigenvalue weighted by Crippen LogP contribution is -2.13. The number of rotatable bonds is 3. The van der Waals surface area contributed by atoms with Crippen molar-refractivity contribution in [1.29, 1.82) is 0 Å². The standard InChI is InChI=1S/C7H10O2/c1-3-6(8)5-7(9)4-2/h1,4,6-9H,2,5H2. The van der Waals surface area contributed by atoms with Gasteiger partial charge in [0.05, 0.1) is 6.10 Å². The first-order chi connectivity index (χ1) is 4.20. The van der Waals surface area contributed by atoms with Crippen LogP contribution >= 0.6 is 0 Å². The first kappa shape index (κ1) is 8.22. The van der Waals surface area contributed by atoms with Crippen LogP contribution in [0.3, 0.4) is 0 Å². The first-order valence-corrected chi connectivity index (χ1v) is 2.65. The second kappa shape index (κ2) is 4.13. The summed E-state index contributed by atoms with van der Waals surface area (Å²) in [5.74, 6) is 2.08. The van der Waals surface area contributed by atoms with Crippen molar-refractivity contribution in [3.8, 4) is 12.3 Å². The normalized spacial score (nSPS) is 15.7. The quantitative estimate of drug-likeness (QED) is 0.410. The van der Waals surface area contributed by atoms with Gasteiger partial charge in [0.1, 0.15) is 6.10 Å². The Morgan fingerprint density at radius 2 is 2.22 bits per heavy atom. The zero-order chi connectivity index (χ0) is 7.28. The highest BCUT2D eigenvalue weighted by molar-refractivity contribution is 4.96. The average molecular weight is 126 g/mol. The molecule has 0 aliphatic carbocycles. The molecule has 0 aromatic carbocycles. The van der Waals surface area contributed by atoms with Gasteiger partial charge in [-0.05, 0) is 0 Å². The molecule has 2 nitrogen and oxygen atoms in total. The third-order valence-electron chi connectivity index (χ3n) is 0.929. The Hall–Kier alpha value is -0.780. The maximum Gasteiger partial charge on any atom is 0.117 e. The summed E-state index contributed by atoms with van der Waals surface area (Å²) in [6, 6.07) is 0. The van der Waals surface area contributed by atoms with Crippen molar-refractivity contribution in [3.05, 3.63) is 12.7 Å². The van der Waals surface area contributed by atoms with Crippen LogP contribution in [-0.2, 0) is 0 Å². The topological polar surface area (TPSA) is 40.5 Å². The van der Waals surface area contributed by atoms with Crippen molar-refractivity contribution in [2.75, 3.05) is 0 Å². The summed E-state index contributed by atoms with van der Waals surface area (Å²) in [6.45, 7) is 3.32. The highest BCUT2D eigenvalue weighted by atomic mass is 16.3. The fourth-order valence-electron chi connectivity index (χ4n) is 0.393. The molecule has 0 aromatic rings. The molecule has 0 heterocycles. The van der Waals surface area contributed by atoms with Gasteiger partial charge in [-0.1, -0.05) is 12.0 Å². The molecule has 2 unspecified atom stereocenters. The van der Waals surface area contributed by atoms with Gasteiger partial charge in [-0.15, -0.1) is 13.0 Å². The van der Waals surface area contributed by atoms with Gasteiger partial charge < -0.3 is 10.2 Å². The smallest absolute Gasteiger partial charge is 0.117 e. The highest BCUT2D eigenvalue weighted by Crippen LogP contribution is 1.96. The summed E-state index contributed by atoms with van der Waals surface area (Å²) in [5, 5.41) is 17.5. The van der Waals surface area contributed by atoms with E-state index in [4.69, 9.17) is 16.6 Å². The van der Waals surface area contributed by atoms with Gasteiger partial charge >= 0.3 is 0 Å². The fourth-order valence-corrected chi connectivity index (χ4v) is 0.393. The minimum atomic E-state index is -0.863. The van der Waals surface area contributed by atoms with Gasteiger partial charge in [0, 0.05) is 6.42 Å². The average Bonchev–Trinajstić information content (AvgIpc) is 1.87. The summed E-state index contributed by atoms with van der Waals surface area (Å²) in [5.41, 5.74) is 0. The van der Waals surface area contributed by atoms with Crippen LogP contribution in [0.5, 0.6) is 0 Å². The predicted octanol–water partition coefficient (Wildman–Crippen LogP) is -0.0825. The Morgan fingerprint density at radius 3 is 2.56 bits per heavy atom.